The molecule has 29 heavy (non-hydrogen) atoms. The number of nitriles is 1. The van der Waals surface area contributed by atoms with Crippen LogP contribution < -0.4 is 5.32 Å². The Balaban J connectivity index is 1.25. The van der Waals surface area contributed by atoms with Crippen LogP contribution in [0.3, 0.4) is 0 Å². The van der Waals surface area contributed by atoms with Gasteiger partial charge < -0.3 is 10.2 Å². The van der Waals surface area contributed by atoms with Gasteiger partial charge in [-0.3, -0.25) is 9.59 Å². The second-order valence-electron chi connectivity index (χ2n) is 7.75. The summed E-state index contributed by atoms with van der Waals surface area (Å²) in [6.07, 6.45) is 4.64. The summed E-state index contributed by atoms with van der Waals surface area (Å²) >= 11 is 1.69. The van der Waals surface area contributed by atoms with Crippen LogP contribution in [0.4, 0.5) is 0 Å². The minimum absolute atomic E-state index is 0.0270. The molecule has 2 aliphatic rings. The van der Waals surface area contributed by atoms with Gasteiger partial charge in [0.1, 0.15) is 0 Å². The van der Waals surface area contributed by atoms with E-state index in [9.17, 15) is 9.59 Å². The van der Waals surface area contributed by atoms with Crippen molar-refractivity contribution in [3.8, 4) is 6.07 Å². The number of hydrogen-bond acceptors (Lipinski definition) is 5. The second kappa shape index (κ2) is 8.75. The Morgan fingerprint density at radius 2 is 1.90 bits per heavy atom. The molecule has 0 atom stereocenters. The average molecular weight is 409 g/mol. The molecule has 150 valence electrons. The normalized spacial score (nSPS) is 17.0. The Labute approximate surface area is 174 Å². The Morgan fingerprint density at radius 3 is 2.55 bits per heavy atom. The van der Waals surface area contributed by atoms with Crippen LogP contribution in [0.5, 0.6) is 0 Å². The van der Waals surface area contributed by atoms with Crippen molar-refractivity contribution in [2.24, 2.45) is 5.92 Å². The summed E-state index contributed by atoms with van der Waals surface area (Å²) < 4.78 is 0. The molecule has 0 radical (unpaired) electrons. The molecule has 7 heteroatoms. The molecular formula is C22H24N4O2S. The lowest BCUT2D eigenvalue weighted by molar-refractivity contribution is -0.122. The van der Waals surface area contributed by atoms with Gasteiger partial charge in [0.2, 0.25) is 5.91 Å². The number of carbonyl (C=O) groups is 2. The lowest BCUT2D eigenvalue weighted by atomic mass is 9.97. The van der Waals surface area contributed by atoms with Crippen molar-refractivity contribution in [1.82, 2.24) is 15.2 Å². The highest BCUT2D eigenvalue weighted by molar-refractivity contribution is 7.09. The maximum Gasteiger partial charge on any atom is 0.253 e. The third-order valence-electron chi connectivity index (χ3n) is 5.59. The first-order chi connectivity index (χ1) is 14.1. The largest absolute Gasteiger partial charge is 0.355 e. The van der Waals surface area contributed by atoms with Crippen molar-refractivity contribution in [3.05, 3.63) is 51.5 Å². The summed E-state index contributed by atoms with van der Waals surface area (Å²) in [6.45, 7) is 2.09. The molecule has 0 spiro atoms. The molecule has 1 aliphatic carbocycles. The third kappa shape index (κ3) is 4.83. The number of nitrogens with one attached hydrogen (secondary N) is 1. The molecule has 2 amide bonds. The highest BCUT2D eigenvalue weighted by Gasteiger charge is 2.29. The van der Waals surface area contributed by atoms with Gasteiger partial charge in [-0.1, -0.05) is 0 Å². The van der Waals surface area contributed by atoms with Crippen molar-refractivity contribution >= 4 is 23.2 Å². The van der Waals surface area contributed by atoms with Crippen LogP contribution in [0.1, 0.15) is 58.2 Å². The Hall–Kier alpha value is -2.72. The van der Waals surface area contributed by atoms with Crippen molar-refractivity contribution < 1.29 is 9.59 Å². The molecule has 2 heterocycles. The van der Waals surface area contributed by atoms with E-state index in [0.29, 0.717) is 23.6 Å². The van der Waals surface area contributed by atoms with E-state index in [0.717, 1.165) is 55.9 Å². The summed E-state index contributed by atoms with van der Waals surface area (Å²) in [4.78, 5) is 31.0. The first-order valence-electron chi connectivity index (χ1n) is 10.2. The molecule has 4 rings (SSSR count). The zero-order chi connectivity index (χ0) is 20.2. The summed E-state index contributed by atoms with van der Waals surface area (Å²) in [6, 6.07) is 8.89. The van der Waals surface area contributed by atoms with E-state index < -0.39 is 0 Å². The maximum atomic E-state index is 12.7. The number of rotatable bonds is 6. The summed E-state index contributed by atoms with van der Waals surface area (Å²) in [7, 11) is 0. The number of amides is 2. The number of carbonyl (C=O) groups excluding carboxylic acids is 2. The van der Waals surface area contributed by atoms with Crippen molar-refractivity contribution in [2.75, 3.05) is 19.6 Å². The Kier molecular flexibility index (Phi) is 5.91. The van der Waals surface area contributed by atoms with Crippen LogP contribution in [-0.2, 0) is 11.2 Å². The molecule has 1 N–H and O–H groups in total. The van der Waals surface area contributed by atoms with Gasteiger partial charge in [-0.25, -0.2) is 4.98 Å². The predicted molar refractivity (Wildman–Crippen MR) is 111 cm³/mol. The molecule has 1 saturated carbocycles. The number of piperidine rings is 1. The fourth-order valence-corrected chi connectivity index (χ4v) is 4.65. The second-order valence-corrected chi connectivity index (χ2v) is 8.64. The van der Waals surface area contributed by atoms with Crippen LogP contribution in [0.2, 0.25) is 0 Å². The number of benzene rings is 1. The molecule has 6 nitrogen and oxygen atoms in total. The van der Waals surface area contributed by atoms with E-state index in [1.54, 1.807) is 35.6 Å². The highest BCUT2D eigenvalue weighted by atomic mass is 32.1. The van der Waals surface area contributed by atoms with E-state index in [4.69, 9.17) is 10.2 Å². The van der Waals surface area contributed by atoms with Gasteiger partial charge in [-0.15, -0.1) is 11.3 Å². The topological polar surface area (TPSA) is 86.1 Å². The number of hydrogen-bond donors (Lipinski definition) is 1. The van der Waals surface area contributed by atoms with Crippen molar-refractivity contribution in [3.63, 3.8) is 0 Å². The fourth-order valence-electron chi connectivity index (χ4n) is 3.63. The monoisotopic (exact) mass is 408 g/mol. The molecule has 1 aliphatic heterocycles. The molecule has 1 aromatic carbocycles. The van der Waals surface area contributed by atoms with Crippen LogP contribution in [0.15, 0.2) is 29.6 Å². The van der Waals surface area contributed by atoms with Gasteiger partial charge in [-0.05, 0) is 49.9 Å². The molecule has 2 aromatic rings. The quantitative estimate of drug-likeness (QED) is 0.796. The maximum absolute atomic E-state index is 12.7. The highest BCUT2D eigenvalue weighted by Crippen LogP contribution is 2.31. The zero-order valence-corrected chi connectivity index (χ0v) is 17.1. The number of aromatic nitrogens is 1. The zero-order valence-electron chi connectivity index (χ0n) is 16.3. The van der Waals surface area contributed by atoms with Gasteiger partial charge in [0.15, 0.2) is 0 Å². The molecule has 2 fully saturated rings. The first kappa shape index (κ1) is 19.6. The van der Waals surface area contributed by atoms with Crippen LogP contribution >= 0.6 is 11.3 Å². The minimum atomic E-state index is 0.0270. The van der Waals surface area contributed by atoms with Crippen molar-refractivity contribution in [2.45, 2.75) is 38.0 Å². The average Bonchev–Trinajstić information content (AvgIpc) is 3.52. The Bertz CT molecular complexity index is 919. The molecule has 0 unspecified atom stereocenters. The number of thiazole rings is 1. The van der Waals surface area contributed by atoms with Gasteiger partial charge in [-0.2, -0.15) is 5.26 Å². The van der Waals surface area contributed by atoms with E-state index >= 15 is 0 Å². The number of likely N-dealkylation sites (tertiary alicyclic amines) is 1. The summed E-state index contributed by atoms with van der Waals surface area (Å²) in [5, 5.41) is 15.1. The Morgan fingerprint density at radius 1 is 1.17 bits per heavy atom. The van der Waals surface area contributed by atoms with E-state index in [1.165, 1.54) is 0 Å². The SMILES string of the molecule is N#Cc1ccc(C(=O)N2CCC(c3nc(CCNC(=O)C4CC4)cs3)CC2)cc1. The molecule has 1 aromatic heterocycles. The van der Waals surface area contributed by atoms with Gasteiger partial charge in [0.25, 0.3) is 5.91 Å². The lowest BCUT2D eigenvalue weighted by Gasteiger charge is -2.31. The van der Waals surface area contributed by atoms with Crippen molar-refractivity contribution in [1.29, 1.82) is 5.26 Å². The van der Waals surface area contributed by atoms with Crippen LogP contribution in [-0.4, -0.2) is 41.3 Å². The standard InChI is InChI=1S/C22H24N4O2S/c23-13-15-1-3-18(4-2-15)22(28)26-11-8-17(9-12-26)21-25-19(14-29-21)7-10-24-20(27)16-5-6-16/h1-4,14,16-17H,5-12H2,(H,24,27). The van der Waals surface area contributed by atoms with E-state index in [2.05, 4.69) is 16.8 Å². The molecule has 0 bridgehead atoms. The van der Waals surface area contributed by atoms with Gasteiger partial charge in [0.05, 0.1) is 22.3 Å². The summed E-state index contributed by atoms with van der Waals surface area (Å²) in [5.74, 6) is 0.844. The lowest BCUT2D eigenvalue weighted by Crippen LogP contribution is -2.37. The fraction of sp³-hybridized carbons (Fsp3) is 0.455. The molecule has 1 saturated heterocycles. The van der Waals surface area contributed by atoms with Crippen LogP contribution in [0, 0.1) is 17.2 Å². The molecular weight excluding hydrogens is 384 g/mol. The minimum Gasteiger partial charge on any atom is -0.355 e. The van der Waals surface area contributed by atoms with E-state index in [1.807, 2.05) is 4.90 Å². The van der Waals surface area contributed by atoms with E-state index in [-0.39, 0.29) is 17.7 Å². The number of nitrogens with zero attached hydrogens (tertiary/aromatic N) is 3. The smallest absolute Gasteiger partial charge is 0.253 e. The third-order valence-corrected chi connectivity index (χ3v) is 6.65. The van der Waals surface area contributed by atoms with Crippen LogP contribution in [0.25, 0.3) is 0 Å². The van der Waals surface area contributed by atoms with Gasteiger partial charge >= 0.3 is 0 Å². The first-order valence-corrected chi connectivity index (χ1v) is 11.0. The van der Waals surface area contributed by atoms with Gasteiger partial charge in [0, 0.05) is 48.8 Å². The summed E-state index contributed by atoms with van der Waals surface area (Å²) in [5.41, 5.74) is 2.23. The predicted octanol–water partition coefficient (Wildman–Crippen LogP) is 3.10.